The number of fused-ring (bicyclic) bond motifs is 1. The molecule has 5 nitrogen and oxygen atoms in total. The molecule has 0 saturated carbocycles. The number of Topliss-reactive ketones (excluding diaryl/α,β-unsaturated/α-hetero) is 1. The highest BCUT2D eigenvalue weighted by Crippen LogP contribution is 2.36. The summed E-state index contributed by atoms with van der Waals surface area (Å²) in [6.45, 7) is 0. The minimum Gasteiger partial charge on any atom is -0.410 e. The number of amides is 1. The van der Waals surface area contributed by atoms with Gasteiger partial charge in [0.25, 0.3) is 0 Å². The quantitative estimate of drug-likeness (QED) is 0.733. The second-order valence-corrected chi connectivity index (χ2v) is 7.06. The molecule has 1 heterocycles. The number of ketones is 1. The summed E-state index contributed by atoms with van der Waals surface area (Å²) in [4.78, 5) is 29.6. The van der Waals surface area contributed by atoms with Crippen LogP contribution in [0.1, 0.15) is 33.3 Å². The topological polar surface area (TPSA) is 68.3 Å². The number of rotatable bonds is 3. The van der Waals surface area contributed by atoms with E-state index in [4.69, 9.17) is 4.74 Å². The molecule has 1 N–H and O–H groups in total. The van der Waals surface area contributed by atoms with Crippen molar-refractivity contribution in [1.29, 1.82) is 0 Å². The lowest BCUT2D eigenvalue weighted by Gasteiger charge is -2.20. The van der Waals surface area contributed by atoms with Gasteiger partial charge in [-0.2, -0.15) is 0 Å². The van der Waals surface area contributed by atoms with Gasteiger partial charge in [0, 0.05) is 6.42 Å². The molecule has 0 bridgehead atoms. The first kappa shape index (κ1) is 16.5. The van der Waals surface area contributed by atoms with Crippen LogP contribution in [-0.4, -0.2) is 16.9 Å². The van der Waals surface area contributed by atoms with Gasteiger partial charge in [-0.05, 0) is 30.0 Å². The number of carbonyl (C=O) groups is 2. The van der Waals surface area contributed by atoms with Crippen molar-refractivity contribution in [2.24, 2.45) is 0 Å². The molecule has 1 amide bonds. The SMILES string of the molecule is O=C(Nc1nc2c(s1)C(=O)CC(c1ccccc1)C2)Oc1ccccc1. The van der Waals surface area contributed by atoms with Crippen LogP contribution in [0.25, 0.3) is 0 Å². The lowest BCUT2D eigenvalue weighted by atomic mass is 9.85. The predicted octanol–water partition coefficient (Wildman–Crippen LogP) is 4.67. The Balaban J connectivity index is 1.48. The number of hydrogen-bond acceptors (Lipinski definition) is 5. The number of aromatic nitrogens is 1. The van der Waals surface area contributed by atoms with E-state index in [2.05, 4.69) is 10.3 Å². The fraction of sp³-hybridized carbons (Fsp3) is 0.150. The van der Waals surface area contributed by atoms with Gasteiger partial charge in [-0.3, -0.25) is 10.1 Å². The van der Waals surface area contributed by atoms with Gasteiger partial charge in [0.05, 0.1) is 10.6 Å². The lowest BCUT2D eigenvalue weighted by molar-refractivity contribution is 0.0968. The molecule has 0 saturated heterocycles. The summed E-state index contributed by atoms with van der Waals surface area (Å²) in [7, 11) is 0. The Morgan fingerprint density at radius 3 is 2.46 bits per heavy atom. The van der Waals surface area contributed by atoms with Gasteiger partial charge in [-0.1, -0.05) is 59.9 Å². The van der Waals surface area contributed by atoms with Crippen molar-refractivity contribution in [3.05, 3.63) is 76.8 Å². The zero-order valence-corrected chi connectivity index (χ0v) is 14.7. The molecule has 130 valence electrons. The molecule has 1 aromatic heterocycles. The summed E-state index contributed by atoms with van der Waals surface area (Å²) in [5.74, 6) is 0.649. The average molecular weight is 364 g/mol. The molecular weight excluding hydrogens is 348 g/mol. The first-order chi connectivity index (χ1) is 12.7. The van der Waals surface area contributed by atoms with Crippen LogP contribution in [0.2, 0.25) is 0 Å². The van der Waals surface area contributed by atoms with Gasteiger partial charge >= 0.3 is 6.09 Å². The van der Waals surface area contributed by atoms with E-state index < -0.39 is 6.09 Å². The number of para-hydroxylation sites is 1. The molecule has 4 rings (SSSR count). The standard InChI is InChI=1S/C20H16N2O3S/c23-17-12-14(13-7-3-1-4-8-13)11-16-18(17)26-19(21-16)22-20(24)25-15-9-5-2-6-10-15/h1-10,14H,11-12H2,(H,21,22,24). The smallest absolute Gasteiger partial charge is 0.410 e. The Morgan fingerprint density at radius 2 is 1.73 bits per heavy atom. The number of carbonyl (C=O) groups excluding carboxylic acids is 2. The maximum Gasteiger partial charge on any atom is 0.418 e. The molecule has 1 aliphatic rings. The Morgan fingerprint density at radius 1 is 1.04 bits per heavy atom. The summed E-state index contributed by atoms with van der Waals surface area (Å²) < 4.78 is 5.20. The third-order valence-electron chi connectivity index (χ3n) is 4.26. The van der Waals surface area contributed by atoms with Gasteiger partial charge in [-0.25, -0.2) is 9.78 Å². The Hall–Kier alpha value is -2.99. The van der Waals surface area contributed by atoms with Crippen LogP contribution in [-0.2, 0) is 6.42 Å². The van der Waals surface area contributed by atoms with E-state index in [9.17, 15) is 9.59 Å². The van der Waals surface area contributed by atoms with E-state index in [-0.39, 0.29) is 11.7 Å². The fourth-order valence-corrected chi connectivity index (χ4v) is 3.98. The van der Waals surface area contributed by atoms with Crippen molar-refractivity contribution in [1.82, 2.24) is 4.98 Å². The van der Waals surface area contributed by atoms with Gasteiger partial charge in [0.2, 0.25) is 0 Å². The molecule has 3 aromatic rings. The molecule has 0 spiro atoms. The zero-order chi connectivity index (χ0) is 17.9. The number of anilines is 1. The summed E-state index contributed by atoms with van der Waals surface area (Å²) in [5.41, 5.74) is 1.88. The average Bonchev–Trinajstić information content (AvgIpc) is 3.06. The fourth-order valence-electron chi connectivity index (χ4n) is 3.05. The van der Waals surface area contributed by atoms with Crippen molar-refractivity contribution in [3.63, 3.8) is 0 Å². The van der Waals surface area contributed by atoms with Crippen LogP contribution < -0.4 is 10.1 Å². The molecule has 2 aromatic carbocycles. The van der Waals surface area contributed by atoms with E-state index in [1.807, 2.05) is 36.4 Å². The molecular formula is C20H16N2O3S. The van der Waals surface area contributed by atoms with Crippen molar-refractivity contribution < 1.29 is 14.3 Å². The number of ether oxygens (including phenoxy) is 1. The number of thiazole rings is 1. The summed E-state index contributed by atoms with van der Waals surface area (Å²) in [6, 6.07) is 18.8. The zero-order valence-electron chi connectivity index (χ0n) is 13.8. The number of benzene rings is 2. The monoisotopic (exact) mass is 364 g/mol. The van der Waals surface area contributed by atoms with Gasteiger partial charge in [0.15, 0.2) is 10.9 Å². The molecule has 1 aliphatic carbocycles. The maximum absolute atomic E-state index is 12.5. The highest BCUT2D eigenvalue weighted by molar-refractivity contribution is 7.17. The highest BCUT2D eigenvalue weighted by atomic mass is 32.1. The second-order valence-electron chi connectivity index (χ2n) is 6.06. The summed E-state index contributed by atoms with van der Waals surface area (Å²) in [6.07, 6.45) is 0.541. The normalized spacial score (nSPS) is 16.0. The van der Waals surface area contributed by atoms with Crippen molar-refractivity contribution >= 4 is 28.3 Å². The van der Waals surface area contributed by atoms with Crippen molar-refractivity contribution in [2.75, 3.05) is 5.32 Å². The molecule has 0 fully saturated rings. The van der Waals surface area contributed by atoms with Gasteiger partial charge in [0.1, 0.15) is 5.75 Å². The van der Waals surface area contributed by atoms with Crippen molar-refractivity contribution in [3.8, 4) is 5.75 Å². The minimum atomic E-state index is -0.616. The third-order valence-corrected chi connectivity index (χ3v) is 5.31. The molecule has 0 aliphatic heterocycles. The highest BCUT2D eigenvalue weighted by Gasteiger charge is 2.30. The number of nitrogens with one attached hydrogen (secondary N) is 1. The van der Waals surface area contributed by atoms with Gasteiger partial charge in [-0.15, -0.1) is 0 Å². The van der Waals surface area contributed by atoms with Crippen molar-refractivity contribution in [2.45, 2.75) is 18.8 Å². The van der Waals surface area contributed by atoms with E-state index in [0.717, 1.165) is 11.3 Å². The van der Waals surface area contributed by atoms with Crippen LogP contribution in [0.5, 0.6) is 5.75 Å². The van der Waals surface area contributed by atoms with Crippen LogP contribution in [0.15, 0.2) is 60.7 Å². The Labute approximate surface area is 154 Å². The number of hydrogen-bond donors (Lipinski definition) is 1. The molecule has 1 atom stereocenters. The van der Waals surface area contributed by atoms with E-state index >= 15 is 0 Å². The maximum atomic E-state index is 12.5. The number of nitrogens with zero attached hydrogens (tertiary/aromatic N) is 1. The van der Waals surface area contributed by atoms with E-state index in [1.165, 1.54) is 11.3 Å². The Kier molecular flexibility index (Phi) is 4.50. The van der Waals surface area contributed by atoms with E-state index in [1.54, 1.807) is 24.3 Å². The molecule has 26 heavy (non-hydrogen) atoms. The van der Waals surface area contributed by atoms with E-state index in [0.29, 0.717) is 28.6 Å². The predicted molar refractivity (Wildman–Crippen MR) is 100 cm³/mol. The third kappa shape index (κ3) is 3.50. The lowest BCUT2D eigenvalue weighted by Crippen LogP contribution is -2.17. The van der Waals surface area contributed by atoms with Gasteiger partial charge < -0.3 is 4.74 Å². The van der Waals surface area contributed by atoms with Crippen LogP contribution in [0.3, 0.4) is 0 Å². The summed E-state index contributed by atoms with van der Waals surface area (Å²) in [5, 5.41) is 3.00. The minimum absolute atomic E-state index is 0.0714. The Bertz CT molecular complexity index is 938. The van der Waals surface area contributed by atoms with Crippen LogP contribution in [0.4, 0.5) is 9.93 Å². The second kappa shape index (κ2) is 7.09. The molecule has 6 heteroatoms. The largest absolute Gasteiger partial charge is 0.418 e. The molecule has 1 unspecified atom stereocenters. The first-order valence-corrected chi connectivity index (χ1v) is 9.12. The summed E-state index contributed by atoms with van der Waals surface area (Å²) >= 11 is 1.21. The van der Waals surface area contributed by atoms with Crippen LogP contribution in [0, 0.1) is 0 Å². The molecule has 0 radical (unpaired) electrons. The van der Waals surface area contributed by atoms with Crippen LogP contribution >= 0.6 is 11.3 Å². The first-order valence-electron chi connectivity index (χ1n) is 8.31.